The van der Waals surface area contributed by atoms with Gasteiger partial charge in [0.15, 0.2) is 18.1 Å². The van der Waals surface area contributed by atoms with Gasteiger partial charge in [-0.2, -0.15) is 5.10 Å². The van der Waals surface area contributed by atoms with Crippen LogP contribution in [0.4, 0.5) is 0 Å². The first-order chi connectivity index (χ1) is 16.0. The van der Waals surface area contributed by atoms with Gasteiger partial charge in [-0.25, -0.2) is 10.2 Å². The van der Waals surface area contributed by atoms with Crippen LogP contribution in [0.5, 0.6) is 17.2 Å². The molecule has 3 aromatic rings. The number of carbonyl (C=O) groups is 2. The van der Waals surface area contributed by atoms with E-state index in [2.05, 4.69) is 10.5 Å². The normalized spacial score (nSPS) is 10.6. The summed E-state index contributed by atoms with van der Waals surface area (Å²) in [4.78, 5) is 24.3. The highest BCUT2D eigenvalue weighted by Crippen LogP contribution is 2.29. The van der Waals surface area contributed by atoms with E-state index in [4.69, 9.17) is 37.4 Å². The lowest BCUT2D eigenvalue weighted by Gasteiger charge is -2.11. The maximum atomic E-state index is 12.4. The summed E-state index contributed by atoms with van der Waals surface area (Å²) in [5.74, 6) is 0.0243. The van der Waals surface area contributed by atoms with Crippen molar-refractivity contribution in [1.82, 2.24) is 5.43 Å². The minimum Gasteiger partial charge on any atom is -0.490 e. The van der Waals surface area contributed by atoms with Crippen LogP contribution in [-0.2, 0) is 4.79 Å². The molecule has 0 aliphatic carbocycles. The van der Waals surface area contributed by atoms with Gasteiger partial charge in [-0.15, -0.1) is 0 Å². The summed E-state index contributed by atoms with van der Waals surface area (Å²) in [6.45, 7) is 1.93. The van der Waals surface area contributed by atoms with Crippen LogP contribution in [0.1, 0.15) is 22.8 Å². The van der Waals surface area contributed by atoms with Gasteiger partial charge < -0.3 is 14.2 Å². The molecule has 0 bridgehead atoms. The average Bonchev–Trinajstić information content (AvgIpc) is 2.80. The fraction of sp³-hybridized carbons (Fsp3) is 0.125. The van der Waals surface area contributed by atoms with E-state index in [1.807, 2.05) is 6.92 Å². The van der Waals surface area contributed by atoms with E-state index in [0.29, 0.717) is 39.3 Å². The van der Waals surface area contributed by atoms with Crippen LogP contribution < -0.4 is 19.6 Å². The Kier molecular flexibility index (Phi) is 8.69. The molecule has 0 spiro atoms. The number of carbonyl (C=O) groups excluding carboxylic acids is 2. The van der Waals surface area contributed by atoms with E-state index in [9.17, 15) is 9.59 Å². The first kappa shape index (κ1) is 24.1. The molecule has 0 heterocycles. The fourth-order valence-electron chi connectivity index (χ4n) is 2.62. The molecule has 0 fully saturated rings. The summed E-state index contributed by atoms with van der Waals surface area (Å²) in [7, 11) is 0. The number of nitrogens with one attached hydrogen (secondary N) is 1. The molecule has 170 valence electrons. The Morgan fingerprint density at radius 1 is 0.939 bits per heavy atom. The van der Waals surface area contributed by atoms with Crippen molar-refractivity contribution in [2.75, 3.05) is 13.2 Å². The predicted octanol–water partition coefficient (Wildman–Crippen LogP) is 5.14. The molecule has 1 amide bonds. The van der Waals surface area contributed by atoms with Crippen molar-refractivity contribution in [2.24, 2.45) is 5.10 Å². The molecule has 7 nitrogen and oxygen atoms in total. The molecule has 1 N–H and O–H groups in total. The third kappa shape index (κ3) is 7.24. The summed E-state index contributed by atoms with van der Waals surface area (Å²) in [6, 6.07) is 18.1. The first-order valence-electron chi connectivity index (χ1n) is 9.90. The average molecular weight is 487 g/mol. The number of amides is 1. The molecular formula is C24H20Cl2N2O5. The van der Waals surface area contributed by atoms with Crippen molar-refractivity contribution in [3.63, 3.8) is 0 Å². The van der Waals surface area contributed by atoms with Crippen LogP contribution in [0.25, 0.3) is 0 Å². The number of esters is 1. The summed E-state index contributed by atoms with van der Waals surface area (Å²) in [6.07, 6.45) is 1.43. The Hall–Kier alpha value is -3.55. The second-order valence-corrected chi connectivity index (χ2v) is 7.39. The van der Waals surface area contributed by atoms with Gasteiger partial charge in [-0.05, 0) is 67.1 Å². The molecule has 0 saturated heterocycles. The number of hydrazone groups is 1. The van der Waals surface area contributed by atoms with E-state index in [1.165, 1.54) is 6.21 Å². The van der Waals surface area contributed by atoms with Gasteiger partial charge in [0.1, 0.15) is 5.75 Å². The number of hydrogen-bond acceptors (Lipinski definition) is 6. The Bertz CT molecular complexity index is 1150. The van der Waals surface area contributed by atoms with Gasteiger partial charge in [0.25, 0.3) is 5.91 Å². The summed E-state index contributed by atoms with van der Waals surface area (Å²) < 4.78 is 16.4. The molecule has 3 rings (SSSR count). The number of hydrogen-bond donors (Lipinski definition) is 1. The maximum absolute atomic E-state index is 12.4. The maximum Gasteiger partial charge on any atom is 0.343 e. The minimum atomic E-state index is -0.542. The third-order valence-corrected chi connectivity index (χ3v) is 4.71. The zero-order chi connectivity index (χ0) is 23.6. The zero-order valence-corrected chi connectivity index (χ0v) is 19.1. The van der Waals surface area contributed by atoms with Crippen molar-refractivity contribution in [3.8, 4) is 17.2 Å². The summed E-state index contributed by atoms with van der Waals surface area (Å²) >= 11 is 11.8. The van der Waals surface area contributed by atoms with Crippen LogP contribution in [0, 0.1) is 0 Å². The van der Waals surface area contributed by atoms with Crippen molar-refractivity contribution < 1.29 is 23.8 Å². The Morgan fingerprint density at radius 3 is 2.42 bits per heavy atom. The molecule has 0 atom stereocenters. The third-order valence-electron chi connectivity index (χ3n) is 4.15. The first-order valence-corrected chi connectivity index (χ1v) is 10.7. The Morgan fingerprint density at radius 2 is 1.70 bits per heavy atom. The molecule has 0 radical (unpaired) electrons. The molecule has 33 heavy (non-hydrogen) atoms. The molecule has 0 unspecified atom stereocenters. The van der Waals surface area contributed by atoms with Crippen molar-refractivity contribution in [2.45, 2.75) is 6.92 Å². The van der Waals surface area contributed by atoms with Crippen LogP contribution in [-0.4, -0.2) is 31.3 Å². The lowest BCUT2D eigenvalue weighted by atomic mass is 10.2. The molecular weight excluding hydrogens is 467 g/mol. The van der Waals surface area contributed by atoms with Gasteiger partial charge in [0.05, 0.1) is 23.4 Å². The second-order valence-electron chi connectivity index (χ2n) is 6.55. The van der Waals surface area contributed by atoms with Crippen LogP contribution >= 0.6 is 23.2 Å². The van der Waals surface area contributed by atoms with Crippen molar-refractivity contribution >= 4 is 41.3 Å². The van der Waals surface area contributed by atoms with E-state index >= 15 is 0 Å². The number of rotatable bonds is 9. The number of ether oxygens (including phenoxy) is 3. The summed E-state index contributed by atoms with van der Waals surface area (Å²) in [5.41, 5.74) is 3.35. The monoisotopic (exact) mass is 486 g/mol. The molecule has 0 saturated carbocycles. The van der Waals surface area contributed by atoms with Crippen LogP contribution in [0.2, 0.25) is 10.0 Å². The van der Waals surface area contributed by atoms with Crippen molar-refractivity contribution in [1.29, 1.82) is 0 Å². The zero-order valence-electron chi connectivity index (χ0n) is 17.6. The topological polar surface area (TPSA) is 86.2 Å². The standard InChI is InChI=1S/C24H20Cl2N2O5/c1-2-31-22-13-16(7-12-21(22)33-24(30)17-8-10-18(25)11-9-17)14-27-28-23(29)15-32-20-6-4-3-5-19(20)26/h3-14H,2,15H2,1H3,(H,28,29)/b27-14-. The number of nitrogens with zero attached hydrogens (tertiary/aromatic N) is 1. The quantitative estimate of drug-likeness (QED) is 0.196. The highest BCUT2D eigenvalue weighted by molar-refractivity contribution is 6.32. The van der Waals surface area contributed by atoms with Gasteiger partial charge >= 0.3 is 5.97 Å². The van der Waals surface area contributed by atoms with Crippen LogP contribution in [0.3, 0.4) is 0 Å². The van der Waals surface area contributed by atoms with E-state index in [1.54, 1.807) is 66.7 Å². The molecule has 0 aromatic heterocycles. The Balaban J connectivity index is 1.60. The van der Waals surface area contributed by atoms with Gasteiger partial charge in [-0.3, -0.25) is 4.79 Å². The van der Waals surface area contributed by atoms with Crippen molar-refractivity contribution in [3.05, 3.63) is 87.9 Å². The Labute approximate surface area is 200 Å². The smallest absolute Gasteiger partial charge is 0.343 e. The number of halogens is 2. The highest BCUT2D eigenvalue weighted by Gasteiger charge is 2.13. The van der Waals surface area contributed by atoms with Gasteiger partial charge in [0.2, 0.25) is 0 Å². The van der Waals surface area contributed by atoms with Gasteiger partial charge in [-0.1, -0.05) is 35.3 Å². The summed E-state index contributed by atoms with van der Waals surface area (Å²) in [5, 5.41) is 4.84. The largest absolute Gasteiger partial charge is 0.490 e. The fourth-order valence-corrected chi connectivity index (χ4v) is 2.93. The molecule has 0 aliphatic rings. The predicted molar refractivity (Wildman–Crippen MR) is 127 cm³/mol. The number of para-hydroxylation sites is 1. The second kappa shape index (κ2) is 11.9. The molecule has 0 aliphatic heterocycles. The lowest BCUT2D eigenvalue weighted by Crippen LogP contribution is -2.24. The van der Waals surface area contributed by atoms with E-state index in [-0.39, 0.29) is 12.4 Å². The van der Waals surface area contributed by atoms with Crippen LogP contribution in [0.15, 0.2) is 71.8 Å². The highest BCUT2D eigenvalue weighted by atomic mass is 35.5. The SMILES string of the molecule is CCOc1cc(/C=N\NC(=O)COc2ccccc2Cl)ccc1OC(=O)c1ccc(Cl)cc1. The van der Waals surface area contributed by atoms with Gasteiger partial charge in [0, 0.05) is 5.02 Å². The lowest BCUT2D eigenvalue weighted by molar-refractivity contribution is -0.123. The number of benzene rings is 3. The molecule has 9 heteroatoms. The van der Waals surface area contributed by atoms with E-state index in [0.717, 1.165) is 0 Å². The molecule has 3 aromatic carbocycles. The van der Waals surface area contributed by atoms with E-state index < -0.39 is 11.9 Å². The minimum absolute atomic E-state index is 0.245.